The Hall–Kier alpha value is -2.12. The Morgan fingerprint density at radius 2 is 2.11 bits per heavy atom. The first-order chi connectivity index (χ1) is 13.1. The van der Waals surface area contributed by atoms with Crippen LogP contribution in [0.15, 0.2) is 22.7 Å². The van der Waals surface area contributed by atoms with Crippen molar-refractivity contribution in [3.05, 3.63) is 35.4 Å². The molecule has 2 aromatic rings. The number of carbonyl (C=O) groups excluding carboxylic acids is 1. The number of nitrogens with one attached hydrogen (secondary N) is 1. The van der Waals surface area contributed by atoms with Crippen LogP contribution in [0.25, 0.3) is 0 Å². The Labute approximate surface area is 159 Å². The first-order valence-corrected chi connectivity index (χ1v) is 9.80. The van der Waals surface area contributed by atoms with Crippen molar-refractivity contribution in [2.45, 2.75) is 45.7 Å². The maximum Gasteiger partial charge on any atom is 0.231 e. The zero-order valence-electron chi connectivity index (χ0n) is 16.1. The molecule has 1 unspecified atom stereocenters. The Kier molecular flexibility index (Phi) is 5.31. The van der Waals surface area contributed by atoms with Crippen LogP contribution in [-0.4, -0.2) is 46.9 Å². The number of aromatic nitrogens is 2. The largest absolute Gasteiger partial charge is 0.465 e. The van der Waals surface area contributed by atoms with Gasteiger partial charge in [-0.25, -0.2) is 4.68 Å². The molecule has 2 aliphatic rings. The summed E-state index contributed by atoms with van der Waals surface area (Å²) >= 11 is 0. The normalized spacial score (nSPS) is 21.6. The van der Waals surface area contributed by atoms with Crippen LogP contribution in [0.1, 0.15) is 42.4 Å². The molecule has 0 aromatic carbocycles. The van der Waals surface area contributed by atoms with Crippen LogP contribution >= 0.6 is 0 Å². The smallest absolute Gasteiger partial charge is 0.231 e. The molecule has 4 rings (SSSR count). The van der Waals surface area contributed by atoms with Gasteiger partial charge in [0, 0.05) is 25.8 Å². The fraction of sp³-hybridized carbons (Fsp3) is 0.600. The number of ether oxygens (including phenoxy) is 1. The van der Waals surface area contributed by atoms with Crippen molar-refractivity contribution in [1.82, 2.24) is 14.7 Å². The lowest BCUT2D eigenvalue weighted by atomic mass is 10.0. The van der Waals surface area contributed by atoms with Crippen LogP contribution < -0.4 is 5.32 Å². The van der Waals surface area contributed by atoms with E-state index in [4.69, 9.17) is 9.15 Å². The number of hydrogen-bond donors (Lipinski definition) is 1. The average Bonchev–Trinajstić information content (AvgIpc) is 3.39. The van der Waals surface area contributed by atoms with Gasteiger partial charge in [-0.1, -0.05) is 0 Å². The molecule has 7 heteroatoms. The molecule has 27 heavy (non-hydrogen) atoms. The van der Waals surface area contributed by atoms with Gasteiger partial charge in [0.05, 0.1) is 31.3 Å². The summed E-state index contributed by atoms with van der Waals surface area (Å²) in [5.74, 6) is 2.83. The summed E-state index contributed by atoms with van der Waals surface area (Å²) in [5, 5.41) is 7.52. The van der Waals surface area contributed by atoms with Crippen LogP contribution in [0, 0.1) is 19.8 Å². The summed E-state index contributed by atoms with van der Waals surface area (Å²) < 4.78 is 13.1. The molecular formula is C20H28N4O3. The second-order valence-corrected chi connectivity index (χ2v) is 7.67. The fourth-order valence-electron chi connectivity index (χ4n) is 3.94. The van der Waals surface area contributed by atoms with Gasteiger partial charge in [-0.2, -0.15) is 5.10 Å². The van der Waals surface area contributed by atoms with Gasteiger partial charge in [0.15, 0.2) is 0 Å². The molecule has 2 aliphatic heterocycles. The van der Waals surface area contributed by atoms with Crippen molar-refractivity contribution < 1.29 is 13.9 Å². The third-order valence-corrected chi connectivity index (χ3v) is 5.72. The number of aryl methyl sites for hydroxylation is 2. The molecule has 1 amide bonds. The van der Waals surface area contributed by atoms with Gasteiger partial charge in [-0.05, 0) is 44.7 Å². The quantitative estimate of drug-likeness (QED) is 0.874. The molecule has 1 atom stereocenters. The third kappa shape index (κ3) is 4.09. The van der Waals surface area contributed by atoms with Crippen molar-refractivity contribution in [2.75, 3.05) is 31.6 Å². The van der Waals surface area contributed by atoms with E-state index in [1.54, 1.807) is 6.20 Å². The van der Waals surface area contributed by atoms with E-state index in [-0.39, 0.29) is 11.8 Å². The van der Waals surface area contributed by atoms with E-state index in [1.807, 2.05) is 17.7 Å². The number of piperidine rings is 1. The standard InChI is InChI=1S/C20H28N4O3/c1-14-11-18(27-15(14)2)12-23-8-4-17(5-9-23)24-19(3-7-21-24)22-20(25)16-6-10-26-13-16/h3,7,11,16-17H,4-6,8-10,12-13H2,1-2H3,(H,22,25). The maximum atomic E-state index is 12.4. The summed E-state index contributed by atoms with van der Waals surface area (Å²) in [4.78, 5) is 14.8. The summed E-state index contributed by atoms with van der Waals surface area (Å²) in [7, 11) is 0. The average molecular weight is 372 g/mol. The second kappa shape index (κ2) is 7.86. The SMILES string of the molecule is Cc1cc(CN2CCC(n3nccc3NC(=O)C3CCOC3)CC2)oc1C. The monoisotopic (exact) mass is 372 g/mol. The number of nitrogens with zero attached hydrogens (tertiary/aromatic N) is 3. The highest BCUT2D eigenvalue weighted by Gasteiger charge is 2.27. The van der Waals surface area contributed by atoms with Gasteiger partial charge in [0.25, 0.3) is 0 Å². The van der Waals surface area contributed by atoms with E-state index < -0.39 is 0 Å². The Balaban J connectivity index is 1.33. The predicted octanol–water partition coefficient (Wildman–Crippen LogP) is 2.91. The number of likely N-dealkylation sites (tertiary alicyclic amines) is 1. The lowest BCUT2D eigenvalue weighted by Gasteiger charge is -2.32. The van der Waals surface area contributed by atoms with E-state index in [2.05, 4.69) is 28.3 Å². The number of anilines is 1. The first kappa shape index (κ1) is 18.3. The lowest BCUT2D eigenvalue weighted by Crippen LogP contribution is -2.35. The van der Waals surface area contributed by atoms with Crippen molar-refractivity contribution in [3.63, 3.8) is 0 Å². The minimum absolute atomic E-state index is 0.0373. The molecule has 0 spiro atoms. The van der Waals surface area contributed by atoms with Crippen LogP contribution in [0.4, 0.5) is 5.82 Å². The van der Waals surface area contributed by atoms with Crippen LogP contribution in [0.3, 0.4) is 0 Å². The lowest BCUT2D eigenvalue weighted by molar-refractivity contribution is -0.119. The van der Waals surface area contributed by atoms with E-state index in [0.717, 1.165) is 56.2 Å². The zero-order valence-corrected chi connectivity index (χ0v) is 16.1. The van der Waals surface area contributed by atoms with Gasteiger partial charge in [-0.3, -0.25) is 9.69 Å². The third-order valence-electron chi connectivity index (χ3n) is 5.72. The highest BCUT2D eigenvalue weighted by atomic mass is 16.5. The van der Waals surface area contributed by atoms with Crippen LogP contribution in [0.5, 0.6) is 0 Å². The molecule has 2 saturated heterocycles. The van der Waals surface area contributed by atoms with Crippen molar-refractivity contribution in [1.29, 1.82) is 0 Å². The minimum atomic E-state index is -0.0459. The number of furan rings is 1. The highest BCUT2D eigenvalue weighted by Crippen LogP contribution is 2.27. The Morgan fingerprint density at radius 3 is 2.78 bits per heavy atom. The fourth-order valence-corrected chi connectivity index (χ4v) is 3.94. The molecule has 146 valence electrons. The highest BCUT2D eigenvalue weighted by molar-refractivity contribution is 5.92. The molecule has 1 N–H and O–H groups in total. The molecular weight excluding hydrogens is 344 g/mol. The Morgan fingerprint density at radius 1 is 1.30 bits per heavy atom. The van der Waals surface area contributed by atoms with Crippen molar-refractivity contribution in [2.24, 2.45) is 5.92 Å². The second-order valence-electron chi connectivity index (χ2n) is 7.67. The predicted molar refractivity (Wildman–Crippen MR) is 102 cm³/mol. The summed E-state index contributed by atoms with van der Waals surface area (Å²) in [5.41, 5.74) is 1.21. The summed E-state index contributed by atoms with van der Waals surface area (Å²) in [6.45, 7) is 8.12. The van der Waals surface area contributed by atoms with Crippen molar-refractivity contribution in [3.8, 4) is 0 Å². The molecule has 0 aliphatic carbocycles. The number of carbonyl (C=O) groups is 1. The van der Waals surface area contributed by atoms with E-state index in [0.29, 0.717) is 19.3 Å². The molecule has 0 radical (unpaired) electrons. The zero-order chi connectivity index (χ0) is 18.8. The maximum absolute atomic E-state index is 12.4. The van der Waals surface area contributed by atoms with Gasteiger partial charge >= 0.3 is 0 Å². The molecule has 2 fully saturated rings. The molecule has 4 heterocycles. The summed E-state index contributed by atoms with van der Waals surface area (Å²) in [6.07, 6.45) is 4.58. The Bertz CT molecular complexity index is 764. The number of rotatable bonds is 5. The molecule has 2 aromatic heterocycles. The number of hydrogen-bond acceptors (Lipinski definition) is 5. The van der Waals surface area contributed by atoms with Gasteiger partial charge in [0.1, 0.15) is 17.3 Å². The van der Waals surface area contributed by atoms with Crippen LogP contribution in [0.2, 0.25) is 0 Å². The number of amides is 1. The minimum Gasteiger partial charge on any atom is -0.465 e. The molecule has 0 bridgehead atoms. The van der Waals surface area contributed by atoms with E-state index in [1.165, 1.54) is 5.56 Å². The van der Waals surface area contributed by atoms with Gasteiger partial charge in [-0.15, -0.1) is 0 Å². The van der Waals surface area contributed by atoms with Crippen LogP contribution in [-0.2, 0) is 16.1 Å². The van der Waals surface area contributed by atoms with Gasteiger partial charge < -0.3 is 14.5 Å². The van der Waals surface area contributed by atoms with E-state index >= 15 is 0 Å². The molecule has 7 nitrogen and oxygen atoms in total. The van der Waals surface area contributed by atoms with Crippen molar-refractivity contribution >= 4 is 11.7 Å². The summed E-state index contributed by atoms with van der Waals surface area (Å²) in [6, 6.07) is 4.33. The molecule has 0 saturated carbocycles. The first-order valence-electron chi connectivity index (χ1n) is 9.80. The van der Waals surface area contributed by atoms with Gasteiger partial charge in [0.2, 0.25) is 5.91 Å². The topological polar surface area (TPSA) is 72.5 Å². The van der Waals surface area contributed by atoms with E-state index in [9.17, 15) is 4.79 Å².